The molecule has 1 fully saturated rings. The lowest BCUT2D eigenvalue weighted by Crippen LogP contribution is -2.54. The highest BCUT2D eigenvalue weighted by Gasteiger charge is 2.36. The Bertz CT molecular complexity index is 840. The summed E-state index contributed by atoms with van der Waals surface area (Å²) in [6, 6.07) is 4.79. The summed E-state index contributed by atoms with van der Waals surface area (Å²) >= 11 is 5.59. The smallest absolute Gasteiger partial charge is 0.328 e. The standard InChI is InChI=1S/C20H27N3O5S/c1-27-18(25)8-3-5-15(19(26)28-2)21-20(29)22-10-13-9-14(12-22)16-6-4-7-17(24)23(16)11-13/h4,6-7,13-15H,3,5,8-12H2,1-2H3,(H,21,29)/t13-,14+,15-/m0/s1. The topological polar surface area (TPSA) is 89.9 Å². The predicted molar refractivity (Wildman–Crippen MR) is 111 cm³/mol. The average molecular weight is 422 g/mol. The van der Waals surface area contributed by atoms with Crippen LogP contribution >= 0.6 is 12.2 Å². The van der Waals surface area contributed by atoms with Gasteiger partial charge in [0.05, 0.1) is 14.2 Å². The van der Waals surface area contributed by atoms with Gasteiger partial charge in [0.2, 0.25) is 0 Å². The number of rotatable bonds is 6. The van der Waals surface area contributed by atoms with Crippen LogP contribution in [0.25, 0.3) is 0 Å². The number of fused-ring (bicyclic) bond motifs is 4. The molecule has 158 valence electrons. The van der Waals surface area contributed by atoms with Gasteiger partial charge in [-0.25, -0.2) is 4.79 Å². The maximum Gasteiger partial charge on any atom is 0.328 e. The summed E-state index contributed by atoms with van der Waals surface area (Å²) in [6.07, 6.45) is 2.17. The van der Waals surface area contributed by atoms with E-state index in [1.807, 2.05) is 10.6 Å². The highest BCUT2D eigenvalue weighted by molar-refractivity contribution is 7.80. The number of pyridine rings is 1. The van der Waals surface area contributed by atoms with Crippen LogP contribution in [0.2, 0.25) is 0 Å². The molecule has 9 heteroatoms. The molecule has 1 saturated heterocycles. The molecule has 0 saturated carbocycles. The molecule has 0 aromatic carbocycles. The van der Waals surface area contributed by atoms with Crippen LogP contribution in [0.5, 0.6) is 0 Å². The maximum absolute atomic E-state index is 12.2. The van der Waals surface area contributed by atoms with Crippen molar-refractivity contribution in [3.8, 4) is 0 Å². The molecule has 1 N–H and O–H groups in total. The molecule has 2 bridgehead atoms. The van der Waals surface area contributed by atoms with Gasteiger partial charge in [0.1, 0.15) is 6.04 Å². The molecule has 3 rings (SSSR count). The van der Waals surface area contributed by atoms with Crippen molar-refractivity contribution in [1.82, 2.24) is 14.8 Å². The van der Waals surface area contributed by atoms with Crippen LogP contribution in [0.1, 0.15) is 37.3 Å². The maximum atomic E-state index is 12.2. The largest absolute Gasteiger partial charge is 0.469 e. The van der Waals surface area contributed by atoms with E-state index in [4.69, 9.17) is 17.0 Å². The third kappa shape index (κ3) is 4.95. The molecule has 0 spiro atoms. The van der Waals surface area contributed by atoms with Gasteiger partial charge < -0.3 is 24.3 Å². The van der Waals surface area contributed by atoms with Crippen LogP contribution in [-0.4, -0.2) is 59.9 Å². The van der Waals surface area contributed by atoms with Crippen molar-refractivity contribution in [2.45, 2.75) is 44.2 Å². The van der Waals surface area contributed by atoms with Crippen LogP contribution in [-0.2, 0) is 25.6 Å². The fourth-order valence-corrected chi connectivity index (χ4v) is 4.54. The lowest BCUT2D eigenvalue weighted by molar-refractivity contribution is -0.144. The summed E-state index contributed by atoms with van der Waals surface area (Å²) in [5.74, 6) is -0.163. The third-order valence-corrected chi connectivity index (χ3v) is 6.03. The van der Waals surface area contributed by atoms with Crippen LogP contribution in [0.3, 0.4) is 0 Å². The normalized spacial score (nSPS) is 21.0. The molecule has 2 aliphatic rings. The SMILES string of the molecule is COC(=O)CCC[C@H](NC(=S)N1C[C@@H]2C[C@H](C1)c1cccc(=O)n1C2)C(=O)OC. The number of aromatic nitrogens is 1. The van der Waals surface area contributed by atoms with Crippen molar-refractivity contribution in [2.24, 2.45) is 5.92 Å². The van der Waals surface area contributed by atoms with Crippen molar-refractivity contribution in [3.63, 3.8) is 0 Å². The zero-order valence-electron chi connectivity index (χ0n) is 16.8. The van der Waals surface area contributed by atoms with E-state index < -0.39 is 12.0 Å². The van der Waals surface area contributed by atoms with Crippen LogP contribution in [0.15, 0.2) is 23.0 Å². The minimum Gasteiger partial charge on any atom is -0.469 e. The van der Waals surface area contributed by atoms with Crippen molar-refractivity contribution < 1.29 is 19.1 Å². The summed E-state index contributed by atoms with van der Waals surface area (Å²) in [7, 11) is 2.67. The molecule has 29 heavy (non-hydrogen) atoms. The molecule has 0 amide bonds. The van der Waals surface area contributed by atoms with Crippen molar-refractivity contribution in [2.75, 3.05) is 27.3 Å². The molecule has 0 unspecified atom stereocenters. The molecule has 0 radical (unpaired) electrons. The van der Waals surface area contributed by atoms with Crippen molar-refractivity contribution in [3.05, 3.63) is 34.2 Å². The highest BCUT2D eigenvalue weighted by atomic mass is 32.1. The van der Waals surface area contributed by atoms with Crippen LogP contribution < -0.4 is 10.9 Å². The lowest BCUT2D eigenvalue weighted by Gasteiger charge is -2.44. The monoisotopic (exact) mass is 421 g/mol. The molecule has 1 aromatic heterocycles. The summed E-state index contributed by atoms with van der Waals surface area (Å²) in [4.78, 5) is 37.7. The number of likely N-dealkylation sites (tertiary alicyclic amines) is 1. The Morgan fingerprint density at radius 3 is 2.76 bits per heavy atom. The van der Waals surface area contributed by atoms with Crippen molar-refractivity contribution in [1.29, 1.82) is 0 Å². The summed E-state index contributed by atoms with van der Waals surface area (Å²) in [6.45, 7) is 2.12. The summed E-state index contributed by atoms with van der Waals surface area (Å²) in [5.41, 5.74) is 1.09. The number of hydrogen-bond donors (Lipinski definition) is 1. The zero-order chi connectivity index (χ0) is 21.0. The number of hydrogen-bond acceptors (Lipinski definition) is 6. The van der Waals surface area contributed by atoms with Crippen molar-refractivity contribution >= 4 is 29.3 Å². The Kier molecular flexibility index (Phi) is 6.89. The van der Waals surface area contributed by atoms with Gasteiger partial charge >= 0.3 is 11.9 Å². The second kappa shape index (κ2) is 9.39. The second-order valence-electron chi connectivity index (χ2n) is 7.60. The number of esters is 2. The first-order valence-corrected chi connectivity index (χ1v) is 10.2. The van der Waals surface area contributed by atoms with E-state index in [-0.39, 0.29) is 23.9 Å². The van der Waals surface area contributed by atoms with Crippen LogP contribution in [0, 0.1) is 5.92 Å². The van der Waals surface area contributed by atoms with Gasteiger partial charge in [-0.2, -0.15) is 0 Å². The summed E-state index contributed by atoms with van der Waals surface area (Å²) < 4.78 is 11.4. The Labute approximate surface area is 175 Å². The molecular weight excluding hydrogens is 394 g/mol. The Hall–Kier alpha value is -2.42. The van der Waals surface area contributed by atoms with E-state index in [2.05, 4.69) is 15.0 Å². The molecule has 2 aliphatic heterocycles. The van der Waals surface area contributed by atoms with Gasteiger partial charge in [0.25, 0.3) is 5.56 Å². The van der Waals surface area contributed by atoms with E-state index >= 15 is 0 Å². The minimum absolute atomic E-state index is 0.0442. The van der Waals surface area contributed by atoms with Gasteiger partial charge in [0.15, 0.2) is 5.11 Å². The Morgan fingerprint density at radius 2 is 2.03 bits per heavy atom. The number of thiocarbonyl (C=S) groups is 1. The number of piperidine rings is 1. The number of ether oxygens (including phenoxy) is 2. The van der Waals surface area contributed by atoms with Gasteiger partial charge in [0, 0.05) is 43.7 Å². The van der Waals surface area contributed by atoms with Gasteiger partial charge in [-0.3, -0.25) is 9.59 Å². The summed E-state index contributed by atoms with van der Waals surface area (Å²) in [5, 5.41) is 3.62. The zero-order valence-corrected chi connectivity index (χ0v) is 17.6. The Morgan fingerprint density at radius 1 is 1.24 bits per heavy atom. The second-order valence-corrected chi connectivity index (χ2v) is 7.98. The number of carbonyl (C=O) groups is 2. The first-order valence-electron chi connectivity index (χ1n) is 9.82. The van der Waals surface area contributed by atoms with E-state index in [0.29, 0.717) is 37.0 Å². The number of methoxy groups -OCH3 is 2. The van der Waals surface area contributed by atoms with E-state index in [0.717, 1.165) is 18.7 Å². The molecule has 0 aliphatic carbocycles. The first kappa shape index (κ1) is 21.3. The number of nitrogens with one attached hydrogen (secondary N) is 1. The molecule has 3 atom stereocenters. The van der Waals surface area contributed by atoms with Gasteiger partial charge in [-0.05, 0) is 43.5 Å². The highest BCUT2D eigenvalue weighted by Crippen LogP contribution is 2.34. The Balaban J connectivity index is 1.64. The van der Waals surface area contributed by atoms with Gasteiger partial charge in [-0.15, -0.1) is 0 Å². The fourth-order valence-electron chi connectivity index (χ4n) is 4.25. The molecule has 8 nitrogen and oxygen atoms in total. The minimum atomic E-state index is -0.617. The average Bonchev–Trinajstić information content (AvgIpc) is 2.72. The molecule has 1 aromatic rings. The predicted octanol–water partition coefficient (Wildman–Crippen LogP) is 1.03. The first-order chi connectivity index (χ1) is 13.9. The third-order valence-electron chi connectivity index (χ3n) is 5.65. The lowest BCUT2D eigenvalue weighted by atomic mass is 9.83. The number of carbonyl (C=O) groups excluding carboxylic acids is 2. The van der Waals surface area contributed by atoms with E-state index in [1.54, 1.807) is 12.1 Å². The molecular formula is C20H27N3O5S. The van der Waals surface area contributed by atoms with Gasteiger partial charge in [-0.1, -0.05) is 6.07 Å². The molecule has 3 heterocycles. The van der Waals surface area contributed by atoms with E-state index in [9.17, 15) is 14.4 Å². The fraction of sp³-hybridized carbons (Fsp3) is 0.600. The van der Waals surface area contributed by atoms with E-state index in [1.165, 1.54) is 14.2 Å². The number of nitrogens with zero attached hydrogens (tertiary/aromatic N) is 2. The van der Waals surface area contributed by atoms with Crippen LogP contribution in [0.4, 0.5) is 0 Å². The quantitative estimate of drug-likeness (QED) is 0.538.